The van der Waals surface area contributed by atoms with E-state index in [-0.39, 0.29) is 11.9 Å². The first-order valence-corrected chi connectivity index (χ1v) is 9.06. The fraction of sp³-hybridized carbons (Fsp3) is 0.381. The summed E-state index contributed by atoms with van der Waals surface area (Å²) >= 11 is 6.03. The first kappa shape index (κ1) is 19.3. The summed E-state index contributed by atoms with van der Waals surface area (Å²) in [6, 6.07) is 15.7. The van der Waals surface area contributed by atoms with Crippen LogP contribution in [0, 0.1) is 6.92 Å². The second-order valence-corrected chi connectivity index (χ2v) is 6.79. The number of carbonyl (C=O) groups excluding carboxylic acids is 1. The Hall–Kier alpha value is -2.00. The summed E-state index contributed by atoms with van der Waals surface area (Å²) in [6.07, 6.45) is 2.20. The van der Waals surface area contributed by atoms with Crippen molar-refractivity contribution in [2.75, 3.05) is 13.7 Å². The van der Waals surface area contributed by atoms with E-state index in [4.69, 9.17) is 16.3 Å². The third kappa shape index (κ3) is 6.09. The molecule has 0 heterocycles. The van der Waals surface area contributed by atoms with Gasteiger partial charge in [0.2, 0.25) is 5.91 Å². The van der Waals surface area contributed by atoms with Crippen LogP contribution in [0.5, 0.6) is 5.75 Å². The summed E-state index contributed by atoms with van der Waals surface area (Å²) in [7, 11) is 1.84. The van der Waals surface area contributed by atoms with E-state index in [9.17, 15) is 4.79 Å². The van der Waals surface area contributed by atoms with E-state index in [0.717, 1.165) is 24.2 Å². The van der Waals surface area contributed by atoms with Crippen LogP contribution in [-0.2, 0) is 4.79 Å². The minimum absolute atomic E-state index is 0.00902. The molecule has 1 atom stereocenters. The van der Waals surface area contributed by atoms with Gasteiger partial charge in [0.15, 0.2) is 0 Å². The molecule has 2 rings (SSSR count). The Morgan fingerprint density at radius 3 is 2.64 bits per heavy atom. The molecule has 1 amide bonds. The third-order valence-corrected chi connectivity index (χ3v) is 4.58. The van der Waals surface area contributed by atoms with E-state index in [0.29, 0.717) is 18.1 Å². The average molecular weight is 360 g/mol. The lowest BCUT2D eigenvalue weighted by Gasteiger charge is -2.25. The smallest absolute Gasteiger partial charge is 0.222 e. The van der Waals surface area contributed by atoms with Crippen molar-refractivity contribution in [1.29, 1.82) is 0 Å². The monoisotopic (exact) mass is 359 g/mol. The number of amides is 1. The van der Waals surface area contributed by atoms with Crippen molar-refractivity contribution in [2.24, 2.45) is 0 Å². The molecule has 0 N–H and O–H groups in total. The number of halogens is 1. The van der Waals surface area contributed by atoms with Crippen LogP contribution in [0.3, 0.4) is 0 Å². The van der Waals surface area contributed by atoms with Crippen molar-refractivity contribution in [3.05, 3.63) is 64.7 Å². The molecular weight excluding hydrogens is 334 g/mol. The fourth-order valence-corrected chi connectivity index (χ4v) is 2.85. The molecule has 0 bridgehead atoms. The van der Waals surface area contributed by atoms with Gasteiger partial charge in [0.1, 0.15) is 5.75 Å². The van der Waals surface area contributed by atoms with Crippen LogP contribution in [0.2, 0.25) is 5.02 Å². The molecular formula is C21H26ClNO2. The van der Waals surface area contributed by atoms with Crippen molar-refractivity contribution in [3.63, 3.8) is 0 Å². The van der Waals surface area contributed by atoms with E-state index >= 15 is 0 Å². The lowest BCUT2D eigenvalue weighted by Crippen LogP contribution is -2.29. The van der Waals surface area contributed by atoms with Gasteiger partial charge in [-0.15, -0.1) is 0 Å². The second kappa shape index (κ2) is 9.47. The highest BCUT2D eigenvalue weighted by molar-refractivity contribution is 6.30. The van der Waals surface area contributed by atoms with Crippen LogP contribution in [-0.4, -0.2) is 24.5 Å². The number of rotatable bonds is 8. The predicted octanol–water partition coefficient (Wildman–Crippen LogP) is 5.42. The van der Waals surface area contributed by atoms with E-state index in [2.05, 4.69) is 0 Å². The average Bonchev–Trinajstić information content (AvgIpc) is 2.60. The number of nitrogens with zero attached hydrogens (tertiary/aromatic N) is 1. The van der Waals surface area contributed by atoms with E-state index in [1.807, 2.05) is 69.4 Å². The largest absolute Gasteiger partial charge is 0.494 e. The van der Waals surface area contributed by atoms with E-state index in [1.54, 1.807) is 4.90 Å². The summed E-state index contributed by atoms with van der Waals surface area (Å²) in [4.78, 5) is 14.2. The van der Waals surface area contributed by atoms with Crippen molar-refractivity contribution >= 4 is 17.5 Å². The van der Waals surface area contributed by atoms with Crippen molar-refractivity contribution in [1.82, 2.24) is 4.90 Å². The van der Waals surface area contributed by atoms with Gasteiger partial charge in [0, 0.05) is 18.5 Å². The summed E-state index contributed by atoms with van der Waals surface area (Å²) in [5.41, 5.74) is 2.23. The van der Waals surface area contributed by atoms with Crippen LogP contribution in [0.25, 0.3) is 0 Å². The number of unbranched alkanes of at least 4 members (excludes halogenated alkanes) is 1. The zero-order valence-corrected chi connectivity index (χ0v) is 15.9. The van der Waals surface area contributed by atoms with Gasteiger partial charge in [0.25, 0.3) is 0 Å². The molecule has 2 aromatic carbocycles. The first-order valence-electron chi connectivity index (χ1n) is 8.68. The molecule has 0 aromatic heterocycles. The van der Waals surface area contributed by atoms with Crippen molar-refractivity contribution < 1.29 is 9.53 Å². The molecule has 4 heteroatoms. The highest BCUT2D eigenvalue weighted by Crippen LogP contribution is 2.22. The molecule has 134 valence electrons. The number of hydrogen-bond acceptors (Lipinski definition) is 2. The lowest BCUT2D eigenvalue weighted by atomic mass is 10.1. The number of ether oxygens (including phenoxy) is 1. The maximum atomic E-state index is 12.4. The van der Waals surface area contributed by atoms with Crippen LogP contribution in [0.4, 0.5) is 0 Å². The van der Waals surface area contributed by atoms with Crippen LogP contribution < -0.4 is 4.74 Å². The minimum atomic E-state index is 0.00902. The Morgan fingerprint density at radius 1 is 1.16 bits per heavy atom. The Kier molecular flexibility index (Phi) is 7.32. The molecule has 0 aliphatic carbocycles. The number of aryl methyl sites for hydroxylation is 1. The molecule has 25 heavy (non-hydrogen) atoms. The summed E-state index contributed by atoms with van der Waals surface area (Å²) in [6.45, 7) is 4.69. The zero-order chi connectivity index (χ0) is 18.2. The van der Waals surface area contributed by atoms with Crippen LogP contribution in [0.1, 0.15) is 43.4 Å². The number of carbonyl (C=O) groups is 1. The lowest BCUT2D eigenvalue weighted by molar-refractivity contribution is -0.131. The van der Waals surface area contributed by atoms with Gasteiger partial charge >= 0.3 is 0 Å². The number of benzene rings is 2. The third-order valence-electron chi connectivity index (χ3n) is 4.35. The fourth-order valence-electron chi connectivity index (χ4n) is 2.66. The standard InChI is InChI=1S/C21H26ClNO2/c1-16-8-6-11-20(14-16)25-13-5-4-12-21(24)23(3)17(2)18-9-7-10-19(22)15-18/h6-11,14-15,17H,4-5,12-13H2,1-3H3. The topological polar surface area (TPSA) is 29.5 Å². The SMILES string of the molecule is Cc1cccc(OCCCCC(=O)N(C)C(C)c2cccc(Cl)c2)c1. The van der Waals surface area contributed by atoms with Gasteiger partial charge in [-0.25, -0.2) is 0 Å². The Labute approximate surface area is 155 Å². The van der Waals surface area contributed by atoms with Crippen molar-refractivity contribution in [3.8, 4) is 5.75 Å². The van der Waals surface area contributed by atoms with Gasteiger partial charge in [-0.2, -0.15) is 0 Å². The minimum Gasteiger partial charge on any atom is -0.494 e. The predicted molar refractivity (Wildman–Crippen MR) is 103 cm³/mol. The summed E-state index contributed by atoms with van der Waals surface area (Å²) < 4.78 is 5.72. The van der Waals surface area contributed by atoms with Crippen LogP contribution in [0.15, 0.2) is 48.5 Å². The van der Waals surface area contributed by atoms with Gasteiger partial charge < -0.3 is 9.64 Å². The molecule has 0 fully saturated rings. The van der Waals surface area contributed by atoms with E-state index < -0.39 is 0 Å². The molecule has 0 aliphatic heterocycles. The molecule has 0 aliphatic rings. The van der Waals surface area contributed by atoms with Gasteiger partial charge in [-0.1, -0.05) is 35.9 Å². The highest BCUT2D eigenvalue weighted by atomic mass is 35.5. The normalized spacial score (nSPS) is 11.8. The quantitative estimate of drug-likeness (QED) is 0.589. The van der Waals surface area contributed by atoms with Crippen molar-refractivity contribution in [2.45, 2.75) is 39.2 Å². The molecule has 2 aromatic rings. The van der Waals surface area contributed by atoms with Gasteiger partial charge in [-0.3, -0.25) is 4.79 Å². The zero-order valence-electron chi connectivity index (χ0n) is 15.2. The van der Waals surface area contributed by atoms with E-state index in [1.165, 1.54) is 5.56 Å². The molecule has 1 unspecified atom stereocenters. The second-order valence-electron chi connectivity index (χ2n) is 6.36. The Balaban J connectivity index is 1.72. The Bertz CT molecular complexity index is 702. The van der Waals surface area contributed by atoms with Crippen LogP contribution >= 0.6 is 11.6 Å². The molecule has 0 spiro atoms. The molecule has 0 saturated carbocycles. The summed E-state index contributed by atoms with van der Waals surface area (Å²) in [5, 5.41) is 0.693. The highest BCUT2D eigenvalue weighted by Gasteiger charge is 2.17. The van der Waals surface area contributed by atoms with Gasteiger partial charge in [-0.05, 0) is 62.1 Å². The molecule has 3 nitrogen and oxygen atoms in total. The van der Waals surface area contributed by atoms with Gasteiger partial charge in [0.05, 0.1) is 12.6 Å². The number of hydrogen-bond donors (Lipinski definition) is 0. The Morgan fingerprint density at radius 2 is 1.92 bits per heavy atom. The molecule has 0 radical (unpaired) electrons. The summed E-state index contributed by atoms with van der Waals surface area (Å²) in [5.74, 6) is 1.03. The first-order chi connectivity index (χ1) is 12.0. The maximum Gasteiger partial charge on any atom is 0.222 e. The molecule has 0 saturated heterocycles. The maximum absolute atomic E-state index is 12.4.